The number of fused-ring (bicyclic) bond motifs is 1. The van der Waals surface area contributed by atoms with Gasteiger partial charge in [-0.1, -0.05) is 23.7 Å². The first-order valence-corrected chi connectivity index (χ1v) is 9.57. The minimum Gasteiger partial charge on any atom is -0.486 e. The van der Waals surface area contributed by atoms with Gasteiger partial charge in [-0.15, -0.1) is 0 Å². The molecule has 0 saturated carbocycles. The molecule has 0 unspecified atom stereocenters. The first-order chi connectivity index (χ1) is 11.9. The third kappa shape index (κ3) is 3.90. The van der Waals surface area contributed by atoms with E-state index >= 15 is 0 Å². The summed E-state index contributed by atoms with van der Waals surface area (Å²) in [5, 5.41) is 10.7. The molecule has 25 heavy (non-hydrogen) atoms. The van der Waals surface area contributed by atoms with Gasteiger partial charge in [-0.2, -0.15) is 0 Å². The predicted molar refractivity (Wildman–Crippen MR) is 93.8 cm³/mol. The molecule has 0 saturated heterocycles. The summed E-state index contributed by atoms with van der Waals surface area (Å²) in [6.45, 7) is 2.38. The lowest BCUT2D eigenvalue weighted by atomic mass is 10.1. The third-order valence-electron chi connectivity index (χ3n) is 3.93. The van der Waals surface area contributed by atoms with Gasteiger partial charge in [0.15, 0.2) is 11.5 Å². The number of ether oxygens (including phenoxy) is 2. The standard InChI is InChI=1S/C17H18ClNO5S/c1-11-13(18)3-2-4-17(11)25(21,22)19-10-14(20)12-5-6-15-16(9-12)24-8-7-23-15/h2-6,9,14,19-20H,7-8,10H2,1H3/t14-/m0/s1. The number of sulfonamides is 1. The zero-order valence-corrected chi connectivity index (χ0v) is 15.1. The fraction of sp³-hybridized carbons (Fsp3) is 0.294. The van der Waals surface area contributed by atoms with Crippen LogP contribution >= 0.6 is 11.6 Å². The summed E-state index contributed by atoms with van der Waals surface area (Å²) in [5.41, 5.74) is 1.00. The molecule has 1 aliphatic rings. The zero-order chi connectivity index (χ0) is 18.0. The van der Waals surface area contributed by atoms with E-state index < -0.39 is 16.1 Å². The van der Waals surface area contributed by atoms with E-state index in [0.29, 0.717) is 40.9 Å². The van der Waals surface area contributed by atoms with E-state index in [1.165, 1.54) is 6.07 Å². The van der Waals surface area contributed by atoms with E-state index in [9.17, 15) is 13.5 Å². The Morgan fingerprint density at radius 3 is 2.68 bits per heavy atom. The average molecular weight is 384 g/mol. The predicted octanol–water partition coefficient (Wildman–Crippen LogP) is 2.43. The molecule has 0 aliphatic carbocycles. The molecule has 6 nitrogen and oxygen atoms in total. The molecule has 2 aromatic carbocycles. The van der Waals surface area contributed by atoms with Crippen molar-refractivity contribution in [1.29, 1.82) is 0 Å². The van der Waals surface area contributed by atoms with Gasteiger partial charge in [-0.25, -0.2) is 13.1 Å². The van der Waals surface area contributed by atoms with Crippen LogP contribution in [0.25, 0.3) is 0 Å². The lowest BCUT2D eigenvalue weighted by molar-refractivity contribution is 0.165. The molecule has 0 spiro atoms. The lowest BCUT2D eigenvalue weighted by Gasteiger charge is -2.20. The van der Waals surface area contributed by atoms with Gasteiger partial charge in [0, 0.05) is 11.6 Å². The van der Waals surface area contributed by atoms with Crippen molar-refractivity contribution in [2.24, 2.45) is 0 Å². The van der Waals surface area contributed by atoms with E-state index in [1.54, 1.807) is 37.3 Å². The molecule has 2 aromatic rings. The highest BCUT2D eigenvalue weighted by atomic mass is 35.5. The molecule has 0 bridgehead atoms. The number of aliphatic hydroxyl groups is 1. The minimum atomic E-state index is -3.78. The van der Waals surface area contributed by atoms with Crippen LogP contribution in [-0.2, 0) is 10.0 Å². The van der Waals surface area contributed by atoms with E-state index in [-0.39, 0.29) is 11.4 Å². The third-order valence-corrected chi connectivity index (χ3v) is 5.90. The van der Waals surface area contributed by atoms with Crippen LogP contribution in [0, 0.1) is 6.92 Å². The number of aliphatic hydroxyl groups excluding tert-OH is 1. The Balaban J connectivity index is 1.73. The van der Waals surface area contributed by atoms with Gasteiger partial charge in [-0.3, -0.25) is 0 Å². The number of halogens is 1. The number of hydrogen-bond acceptors (Lipinski definition) is 5. The summed E-state index contributed by atoms with van der Waals surface area (Å²) in [5.74, 6) is 1.15. The SMILES string of the molecule is Cc1c(Cl)cccc1S(=O)(=O)NC[C@H](O)c1ccc2c(c1)OCCO2. The van der Waals surface area contributed by atoms with Crippen LogP contribution < -0.4 is 14.2 Å². The Bertz CT molecular complexity index is 885. The fourth-order valence-electron chi connectivity index (χ4n) is 2.53. The average Bonchev–Trinajstić information content (AvgIpc) is 2.61. The van der Waals surface area contributed by atoms with Gasteiger partial charge in [0.1, 0.15) is 13.2 Å². The topological polar surface area (TPSA) is 84.9 Å². The van der Waals surface area contributed by atoms with Crippen LogP contribution in [0.4, 0.5) is 0 Å². The van der Waals surface area contributed by atoms with Crippen molar-refractivity contribution < 1.29 is 23.0 Å². The Kier molecular flexibility index (Phi) is 5.19. The molecule has 0 fully saturated rings. The summed E-state index contributed by atoms with van der Waals surface area (Å²) in [6, 6.07) is 9.69. The summed E-state index contributed by atoms with van der Waals surface area (Å²) >= 11 is 5.98. The second kappa shape index (κ2) is 7.21. The summed E-state index contributed by atoms with van der Waals surface area (Å²) in [7, 11) is -3.78. The van der Waals surface area contributed by atoms with Crippen molar-refractivity contribution in [3.05, 3.63) is 52.5 Å². The Labute approximate surface area is 151 Å². The molecule has 0 aromatic heterocycles. The lowest BCUT2D eigenvalue weighted by Crippen LogP contribution is -2.29. The molecule has 1 heterocycles. The van der Waals surface area contributed by atoms with Gasteiger partial charge in [0.25, 0.3) is 0 Å². The Morgan fingerprint density at radius 1 is 1.20 bits per heavy atom. The van der Waals surface area contributed by atoms with E-state index in [0.717, 1.165) is 0 Å². The zero-order valence-electron chi connectivity index (χ0n) is 13.5. The van der Waals surface area contributed by atoms with Crippen LogP contribution in [0.1, 0.15) is 17.2 Å². The molecule has 3 rings (SSSR count). The smallest absolute Gasteiger partial charge is 0.240 e. The van der Waals surface area contributed by atoms with E-state index in [4.69, 9.17) is 21.1 Å². The largest absolute Gasteiger partial charge is 0.486 e. The first-order valence-electron chi connectivity index (χ1n) is 7.71. The Morgan fingerprint density at radius 2 is 1.92 bits per heavy atom. The molecule has 134 valence electrons. The summed E-state index contributed by atoms with van der Waals surface area (Å²) in [6.07, 6.45) is -1.02. The van der Waals surface area contributed by atoms with Gasteiger partial charge in [0.2, 0.25) is 10.0 Å². The molecule has 0 amide bonds. The van der Waals surface area contributed by atoms with Gasteiger partial charge >= 0.3 is 0 Å². The van der Waals surface area contributed by atoms with Crippen LogP contribution in [0.5, 0.6) is 11.5 Å². The van der Waals surface area contributed by atoms with Crippen molar-refractivity contribution in [3.8, 4) is 11.5 Å². The van der Waals surface area contributed by atoms with Crippen molar-refractivity contribution in [2.75, 3.05) is 19.8 Å². The number of benzene rings is 2. The van der Waals surface area contributed by atoms with E-state index in [1.807, 2.05) is 0 Å². The molecule has 1 aliphatic heterocycles. The van der Waals surface area contributed by atoms with Crippen molar-refractivity contribution in [2.45, 2.75) is 17.9 Å². The van der Waals surface area contributed by atoms with E-state index in [2.05, 4.69) is 4.72 Å². The maximum absolute atomic E-state index is 12.4. The van der Waals surface area contributed by atoms with Crippen LogP contribution in [0.15, 0.2) is 41.3 Å². The number of rotatable bonds is 5. The second-order valence-electron chi connectivity index (χ2n) is 5.63. The molecular weight excluding hydrogens is 366 g/mol. The van der Waals surface area contributed by atoms with Crippen LogP contribution in [0.2, 0.25) is 5.02 Å². The van der Waals surface area contributed by atoms with Crippen LogP contribution in [0.3, 0.4) is 0 Å². The fourth-order valence-corrected chi connectivity index (χ4v) is 4.06. The highest BCUT2D eigenvalue weighted by molar-refractivity contribution is 7.89. The van der Waals surface area contributed by atoms with Gasteiger partial charge < -0.3 is 14.6 Å². The molecule has 2 N–H and O–H groups in total. The molecule has 1 atom stereocenters. The highest BCUT2D eigenvalue weighted by Crippen LogP contribution is 2.32. The normalized spacial score (nSPS) is 15.0. The van der Waals surface area contributed by atoms with Gasteiger partial charge in [0.05, 0.1) is 11.0 Å². The summed E-state index contributed by atoms with van der Waals surface area (Å²) < 4.78 is 38.2. The summed E-state index contributed by atoms with van der Waals surface area (Å²) in [4.78, 5) is 0.0920. The molecule has 8 heteroatoms. The highest BCUT2D eigenvalue weighted by Gasteiger charge is 2.21. The quantitative estimate of drug-likeness (QED) is 0.828. The van der Waals surface area contributed by atoms with Crippen molar-refractivity contribution in [1.82, 2.24) is 4.72 Å². The molecular formula is C17H18ClNO5S. The minimum absolute atomic E-state index is 0.0920. The van der Waals surface area contributed by atoms with Gasteiger partial charge in [-0.05, 0) is 42.3 Å². The monoisotopic (exact) mass is 383 g/mol. The number of hydrogen-bond donors (Lipinski definition) is 2. The maximum atomic E-state index is 12.4. The second-order valence-corrected chi connectivity index (χ2v) is 7.78. The first kappa shape index (κ1) is 18.0. The number of nitrogens with one attached hydrogen (secondary N) is 1. The van der Waals surface area contributed by atoms with Crippen molar-refractivity contribution >= 4 is 21.6 Å². The van der Waals surface area contributed by atoms with Crippen LogP contribution in [-0.4, -0.2) is 33.3 Å². The Hall–Kier alpha value is -1.80. The molecule has 0 radical (unpaired) electrons. The van der Waals surface area contributed by atoms with Crippen molar-refractivity contribution in [3.63, 3.8) is 0 Å². The maximum Gasteiger partial charge on any atom is 0.240 e.